The molecule has 0 spiro atoms. The molecule has 31 heavy (non-hydrogen) atoms. The van der Waals surface area contributed by atoms with E-state index in [1.165, 1.54) is 44.9 Å². The van der Waals surface area contributed by atoms with E-state index in [9.17, 15) is 18.0 Å². The molecule has 1 aromatic rings. The second-order valence-corrected chi connectivity index (χ2v) is 9.12. The van der Waals surface area contributed by atoms with Crippen LogP contribution in [-0.4, -0.2) is 34.9 Å². The summed E-state index contributed by atoms with van der Waals surface area (Å²) < 4.78 is 39.0. The number of rotatable bonds is 10. The van der Waals surface area contributed by atoms with Gasteiger partial charge in [0, 0.05) is 43.4 Å². The minimum Gasteiger partial charge on any atom is -0.338 e. The minimum absolute atomic E-state index is 0.0214. The molecule has 3 rings (SSSR count). The zero-order valence-electron chi connectivity index (χ0n) is 18.6. The number of carbonyl (C=O) groups excluding carboxylic acids is 1. The molecular weight excluding hydrogens is 403 g/mol. The van der Waals surface area contributed by atoms with Crippen molar-refractivity contribution in [3.8, 4) is 0 Å². The largest absolute Gasteiger partial charge is 0.417 e. The molecular formula is C24H36F3N3O. The molecule has 4 nitrogen and oxygen atoms in total. The van der Waals surface area contributed by atoms with Crippen LogP contribution in [0.5, 0.6) is 0 Å². The Morgan fingerprint density at radius 3 is 2.65 bits per heavy atom. The zero-order valence-corrected chi connectivity index (χ0v) is 18.6. The summed E-state index contributed by atoms with van der Waals surface area (Å²) in [5, 5.41) is 3.61. The molecule has 2 unspecified atom stereocenters. The molecule has 0 radical (unpaired) electrons. The van der Waals surface area contributed by atoms with E-state index in [0.29, 0.717) is 30.3 Å². The first kappa shape index (κ1) is 24.0. The van der Waals surface area contributed by atoms with E-state index in [4.69, 9.17) is 0 Å². The van der Waals surface area contributed by atoms with Gasteiger partial charge in [-0.2, -0.15) is 13.2 Å². The van der Waals surface area contributed by atoms with Gasteiger partial charge in [0.2, 0.25) is 5.91 Å². The summed E-state index contributed by atoms with van der Waals surface area (Å²) in [5.41, 5.74) is 0.467. The first-order valence-electron chi connectivity index (χ1n) is 12.0. The quantitative estimate of drug-likeness (QED) is 0.490. The maximum atomic E-state index is 13.0. The van der Waals surface area contributed by atoms with Crippen LogP contribution < -0.4 is 5.32 Å². The zero-order chi connectivity index (χ0) is 22.3. The Bertz CT molecular complexity index is 723. The maximum absolute atomic E-state index is 13.0. The summed E-state index contributed by atoms with van der Waals surface area (Å²) in [6.45, 7) is 4.01. The molecule has 2 aliphatic rings. The highest BCUT2D eigenvalue weighted by Gasteiger charge is 2.35. The van der Waals surface area contributed by atoms with Crippen molar-refractivity contribution in [1.29, 1.82) is 0 Å². The number of alkyl halides is 3. The molecule has 7 heteroatoms. The molecule has 0 saturated heterocycles. The van der Waals surface area contributed by atoms with Crippen LogP contribution in [0.3, 0.4) is 0 Å². The summed E-state index contributed by atoms with van der Waals surface area (Å²) in [4.78, 5) is 18.7. The molecule has 1 aliphatic carbocycles. The molecule has 174 valence electrons. The van der Waals surface area contributed by atoms with Gasteiger partial charge in [0.1, 0.15) is 0 Å². The second kappa shape index (κ2) is 11.3. The molecule has 1 fully saturated rings. The van der Waals surface area contributed by atoms with E-state index in [2.05, 4.69) is 17.2 Å². The average molecular weight is 440 g/mol. The summed E-state index contributed by atoms with van der Waals surface area (Å²) in [5.74, 6) is 0.0649. The van der Waals surface area contributed by atoms with Crippen molar-refractivity contribution in [2.75, 3.05) is 13.1 Å². The van der Waals surface area contributed by atoms with Gasteiger partial charge in [-0.1, -0.05) is 45.4 Å². The third-order valence-electron chi connectivity index (χ3n) is 6.67. The molecule has 1 aliphatic heterocycles. The van der Waals surface area contributed by atoms with Gasteiger partial charge < -0.3 is 10.2 Å². The minimum atomic E-state index is -4.41. The lowest BCUT2D eigenvalue weighted by Crippen LogP contribution is -2.40. The molecule has 0 aromatic carbocycles. The third kappa shape index (κ3) is 6.93. The number of halogens is 3. The van der Waals surface area contributed by atoms with Gasteiger partial charge in [-0.15, -0.1) is 0 Å². The number of hydrogen-bond donors (Lipinski definition) is 1. The third-order valence-corrected chi connectivity index (χ3v) is 6.67. The lowest BCUT2D eigenvalue weighted by molar-refractivity contribution is -0.137. The van der Waals surface area contributed by atoms with Gasteiger partial charge in [-0.25, -0.2) is 0 Å². The Kier molecular flexibility index (Phi) is 8.76. The lowest BCUT2D eigenvalue weighted by Gasteiger charge is -2.30. The summed E-state index contributed by atoms with van der Waals surface area (Å²) in [6.07, 6.45) is 8.71. The number of unbranched alkanes of at least 4 members (excludes halogenated alkanes) is 6. The van der Waals surface area contributed by atoms with E-state index in [1.807, 2.05) is 0 Å². The number of carbonyl (C=O) groups is 1. The van der Waals surface area contributed by atoms with Crippen LogP contribution in [0.15, 0.2) is 12.3 Å². The fourth-order valence-corrected chi connectivity index (χ4v) is 4.81. The monoisotopic (exact) mass is 439 g/mol. The van der Waals surface area contributed by atoms with Gasteiger partial charge in [0.25, 0.3) is 0 Å². The number of amides is 1. The predicted molar refractivity (Wildman–Crippen MR) is 115 cm³/mol. The number of nitrogens with zero attached hydrogens (tertiary/aromatic N) is 2. The molecule has 2 heterocycles. The Morgan fingerprint density at radius 2 is 1.90 bits per heavy atom. The highest BCUT2D eigenvalue weighted by Crippen LogP contribution is 2.32. The Balaban J connectivity index is 1.40. The average Bonchev–Trinajstić information content (AvgIpc) is 3.22. The van der Waals surface area contributed by atoms with Crippen molar-refractivity contribution in [2.24, 2.45) is 5.92 Å². The van der Waals surface area contributed by atoms with Crippen molar-refractivity contribution >= 4 is 5.91 Å². The van der Waals surface area contributed by atoms with Gasteiger partial charge in [-0.3, -0.25) is 9.78 Å². The number of aromatic nitrogens is 1. The molecule has 2 atom stereocenters. The predicted octanol–water partition coefficient (Wildman–Crippen LogP) is 5.49. The van der Waals surface area contributed by atoms with E-state index in [0.717, 1.165) is 38.1 Å². The number of nitrogens with one attached hydrogen (secondary N) is 1. The maximum Gasteiger partial charge on any atom is 0.417 e. The van der Waals surface area contributed by atoms with Crippen LogP contribution in [0.4, 0.5) is 13.2 Å². The lowest BCUT2D eigenvalue weighted by atomic mass is 10.00. The topological polar surface area (TPSA) is 45.2 Å². The Morgan fingerprint density at radius 1 is 1.16 bits per heavy atom. The smallest absolute Gasteiger partial charge is 0.338 e. The molecule has 1 aromatic heterocycles. The van der Waals surface area contributed by atoms with Crippen LogP contribution in [-0.2, 0) is 23.9 Å². The van der Waals surface area contributed by atoms with Gasteiger partial charge in [0.05, 0.1) is 5.56 Å². The van der Waals surface area contributed by atoms with Crippen LogP contribution in [0, 0.1) is 5.92 Å². The molecule has 1 amide bonds. The van der Waals surface area contributed by atoms with E-state index in [-0.39, 0.29) is 18.4 Å². The summed E-state index contributed by atoms with van der Waals surface area (Å²) >= 11 is 0. The van der Waals surface area contributed by atoms with E-state index >= 15 is 0 Å². The summed E-state index contributed by atoms with van der Waals surface area (Å²) in [7, 11) is 0. The first-order valence-corrected chi connectivity index (χ1v) is 12.0. The molecule has 0 bridgehead atoms. The SMILES string of the molecule is CCCCCCCCCNC1CCC(C(=O)N2CCc3ncc(C(F)(F)F)cc3C2)C1. The van der Waals surface area contributed by atoms with Crippen molar-refractivity contribution < 1.29 is 18.0 Å². The number of pyridine rings is 1. The van der Waals surface area contributed by atoms with E-state index in [1.54, 1.807) is 4.90 Å². The van der Waals surface area contributed by atoms with Crippen molar-refractivity contribution in [2.45, 2.75) is 96.3 Å². The Hall–Kier alpha value is -1.63. The van der Waals surface area contributed by atoms with E-state index < -0.39 is 11.7 Å². The first-order chi connectivity index (χ1) is 14.9. The van der Waals surface area contributed by atoms with Crippen LogP contribution in [0.1, 0.15) is 88.0 Å². The summed E-state index contributed by atoms with van der Waals surface area (Å²) in [6, 6.07) is 1.54. The highest BCUT2D eigenvalue weighted by atomic mass is 19.4. The fourth-order valence-electron chi connectivity index (χ4n) is 4.81. The second-order valence-electron chi connectivity index (χ2n) is 9.12. The van der Waals surface area contributed by atoms with Crippen LogP contribution in [0.2, 0.25) is 0 Å². The van der Waals surface area contributed by atoms with Crippen LogP contribution >= 0.6 is 0 Å². The number of hydrogen-bond acceptors (Lipinski definition) is 3. The molecule has 1 saturated carbocycles. The standard InChI is InChI=1S/C24H36F3N3O/c1-2-3-4-5-6-7-8-12-28-21-10-9-18(15-21)23(31)30-13-11-22-19(17-30)14-20(16-29-22)24(25,26)27/h14,16,18,21,28H,2-13,15,17H2,1H3. The van der Waals surface area contributed by atoms with Crippen molar-refractivity contribution in [3.05, 3.63) is 29.1 Å². The van der Waals surface area contributed by atoms with Crippen LogP contribution in [0.25, 0.3) is 0 Å². The van der Waals surface area contributed by atoms with Crippen molar-refractivity contribution in [3.63, 3.8) is 0 Å². The molecule has 1 N–H and O–H groups in total. The Labute approximate surface area is 184 Å². The van der Waals surface area contributed by atoms with Crippen molar-refractivity contribution in [1.82, 2.24) is 15.2 Å². The highest BCUT2D eigenvalue weighted by molar-refractivity contribution is 5.79. The van der Waals surface area contributed by atoms with Gasteiger partial charge >= 0.3 is 6.18 Å². The van der Waals surface area contributed by atoms with Gasteiger partial charge in [-0.05, 0) is 43.9 Å². The normalized spacial score (nSPS) is 21.4. The number of fused-ring (bicyclic) bond motifs is 1. The fraction of sp³-hybridized carbons (Fsp3) is 0.750. The van der Waals surface area contributed by atoms with Gasteiger partial charge in [0.15, 0.2) is 0 Å².